The average molecular weight is 380 g/mol. The summed E-state index contributed by atoms with van der Waals surface area (Å²) >= 11 is 2.81. The third-order valence-corrected chi connectivity index (χ3v) is 6.03. The van der Waals surface area contributed by atoms with Gasteiger partial charge in [-0.2, -0.15) is 5.26 Å². The first kappa shape index (κ1) is 16.7. The molecule has 0 spiro atoms. The number of hydrogen-bond acceptors (Lipinski definition) is 4. The van der Waals surface area contributed by atoms with Crippen molar-refractivity contribution >= 4 is 33.3 Å². The van der Waals surface area contributed by atoms with Crippen molar-refractivity contribution in [3.8, 4) is 17.2 Å². The van der Waals surface area contributed by atoms with Crippen molar-refractivity contribution in [2.75, 3.05) is 0 Å². The van der Waals surface area contributed by atoms with Gasteiger partial charge in [-0.15, -0.1) is 11.3 Å². The summed E-state index contributed by atoms with van der Waals surface area (Å²) in [4.78, 5) is 5.83. The highest BCUT2D eigenvalue weighted by molar-refractivity contribution is 8.01. The maximum absolute atomic E-state index is 13.8. The molecule has 6 heteroatoms. The van der Waals surface area contributed by atoms with Gasteiger partial charge in [0.25, 0.3) is 0 Å². The molecule has 0 unspecified atom stereocenters. The van der Waals surface area contributed by atoms with E-state index in [1.807, 2.05) is 24.3 Å². The lowest BCUT2D eigenvalue weighted by Crippen LogP contribution is -1.83. The highest BCUT2D eigenvalue weighted by Crippen LogP contribution is 2.46. The first-order chi connectivity index (χ1) is 12.6. The molecule has 0 bridgehead atoms. The van der Waals surface area contributed by atoms with E-state index in [2.05, 4.69) is 4.98 Å². The Hall–Kier alpha value is -2.75. The van der Waals surface area contributed by atoms with Crippen LogP contribution in [0.2, 0.25) is 0 Å². The molecule has 4 rings (SSSR count). The van der Waals surface area contributed by atoms with Crippen LogP contribution in [0.15, 0.2) is 69.9 Å². The third kappa shape index (κ3) is 3.19. The Morgan fingerprint density at radius 2 is 1.88 bits per heavy atom. The van der Waals surface area contributed by atoms with Crippen LogP contribution in [0.5, 0.6) is 0 Å². The number of nitrogens with zero attached hydrogens (tertiary/aromatic N) is 2. The molecule has 0 atom stereocenters. The zero-order valence-corrected chi connectivity index (χ0v) is 14.9. The summed E-state index contributed by atoms with van der Waals surface area (Å²) in [6.07, 6.45) is 1.71. The molecule has 2 nitrogen and oxygen atoms in total. The molecule has 26 heavy (non-hydrogen) atoms. The second kappa shape index (κ2) is 6.87. The standard InChI is InChI=1S/C20H10F2N2S2/c21-14-4-1-3-13(9-14)18-17-5-2-6-24-19(17)26-20(18)25-16-8-12(11-23)7-15(22)10-16/h1-10H. The smallest absolute Gasteiger partial charge is 0.125 e. The van der Waals surface area contributed by atoms with Crippen molar-refractivity contribution in [2.24, 2.45) is 0 Å². The molecule has 4 aromatic rings. The third-order valence-electron chi connectivity index (χ3n) is 3.76. The van der Waals surface area contributed by atoms with Gasteiger partial charge in [0.1, 0.15) is 16.5 Å². The predicted molar refractivity (Wildman–Crippen MR) is 100 cm³/mol. The molecule has 0 radical (unpaired) electrons. The fraction of sp³-hybridized carbons (Fsp3) is 0. The lowest BCUT2D eigenvalue weighted by Gasteiger charge is -2.06. The van der Waals surface area contributed by atoms with Gasteiger partial charge in [-0.1, -0.05) is 23.9 Å². The Bertz CT molecular complexity index is 1160. The Morgan fingerprint density at radius 1 is 1.00 bits per heavy atom. The van der Waals surface area contributed by atoms with E-state index in [0.717, 1.165) is 25.6 Å². The van der Waals surface area contributed by atoms with Crippen molar-refractivity contribution in [3.63, 3.8) is 0 Å². The second-order valence-electron chi connectivity index (χ2n) is 5.52. The Morgan fingerprint density at radius 3 is 2.69 bits per heavy atom. The van der Waals surface area contributed by atoms with Gasteiger partial charge in [0, 0.05) is 22.0 Å². The minimum absolute atomic E-state index is 0.263. The Balaban J connectivity index is 1.89. The summed E-state index contributed by atoms with van der Waals surface area (Å²) in [6, 6.07) is 16.3. The number of benzene rings is 2. The summed E-state index contributed by atoms with van der Waals surface area (Å²) < 4.78 is 28.4. The molecule has 2 aromatic heterocycles. The lowest BCUT2D eigenvalue weighted by atomic mass is 10.1. The van der Waals surface area contributed by atoms with Crippen LogP contribution in [0, 0.1) is 23.0 Å². The van der Waals surface area contributed by atoms with Crippen molar-refractivity contribution in [3.05, 3.63) is 78.0 Å². The lowest BCUT2D eigenvalue weighted by molar-refractivity contribution is 0.623. The molecule has 0 amide bonds. The van der Waals surface area contributed by atoms with Crippen LogP contribution >= 0.6 is 23.1 Å². The molecule has 0 fully saturated rings. The number of rotatable bonds is 3. The zero-order valence-electron chi connectivity index (χ0n) is 13.2. The van der Waals surface area contributed by atoms with Crippen LogP contribution in [0.4, 0.5) is 8.78 Å². The molecule has 0 aliphatic heterocycles. The van der Waals surface area contributed by atoms with Gasteiger partial charge < -0.3 is 0 Å². The number of aromatic nitrogens is 1. The van der Waals surface area contributed by atoms with Crippen molar-refractivity contribution < 1.29 is 8.78 Å². The summed E-state index contributed by atoms with van der Waals surface area (Å²) in [7, 11) is 0. The summed E-state index contributed by atoms with van der Waals surface area (Å²) in [5.74, 6) is -0.780. The molecular weight excluding hydrogens is 370 g/mol. The number of hydrogen-bond donors (Lipinski definition) is 0. The fourth-order valence-electron chi connectivity index (χ4n) is 2.69. The molecular formula is C20H10F2N2S2. The van der Waals surface area contributed by atoms with Gasteiger partial charge in [-0.3, -0.25) is 0 Å². The summed E-state index contributed by atoms with van der Waals surface area (Å²) in [5, 5.41) is 9.97. The highest BCUT2D eigenvalue weighted by Gasteiger charge is 2.17. The minimum Gasteiger partial charge on any atom is -0.245 e. The summed E-state index contributed by atoms with van der Waals surface area (Å²) in [6.45, 7) is 0. The van der Waals surface area contributed by atoms with E-state index in [1.54, 1.807) is 18.3 Å². The molecule has 2 aromatic carbocycles. The van der Waals surface area contributed by atoms with Gasteiger partial charge >= 0.3 is 0 Å². The zero-order chi connectivity index (χ0) is 18.1. The molecule has 0 saturated carbocycles. The van der Waals surface area contributed by atoms with Crippen LogP contribution in [0.25, 0.3) is 21.3 Å². The van der Waals surface area contributed by atoms with Gasteiger partial charge in [0.15, 0.2) is 0 Å². The largest absolute Gasteiger partial charge is 0.245 e. The van der Waals surface area contributed by atoms with Gasteiger partial charge in [0.2, 0.25) is 0 Å². The van der Waals surface area contributed by atoms with E-state index in [9.17, 15) is 8.78 Å². The normalized spacial score (nSPS) is 10.8. The van der Waals surface area contributed by atoms with Crippen LogP contribution in [0.1, 0.15) is 5.56 Å². The first-order valence-electron chi connectivity index (χ1n) is 7.66. The Labute approximate surface area is 156 Å². The van der Waals surface area contributed by atoms with Crippen LogP contribution in [-0.2, 0) is 0 Å². The van der Waals surface area contributed by atoms with E-state index in [0.29, 0.717) is 4.90 Å². The second-order valence-corrected chi connectivity index (χ2v) is 7.86. The Kier molecular flexibility index (Phi) is 4.41. The topological polar surface area (TPSA) is 36.7 Å². The molecule has 126 valence electrons. The van der Waals surface area contributed by atoms with Gasteiger partial charge in [-0.25, -0.2) is 13.8 Å². The number of nitriles is 1. The number of thiophene rings is 1. The van der Waals surface area contributed by atoms with Crippen LogP contribution in [-0.4, -0.2) is 4.98 Å². The maximum atomic E-state index is 13.8. The van der Waals surface area contributed by atoms with E-state index >= 15 is 0 Å². The van der Waals surface area contributed by atoms with Crippen molar-refractivity contribution in [2.45, 2.75) is 9.10 Å². The van der Waals surface area contributed by atoms with E-state index in [1.165, 1.54) is 47.4 Å². The minimum atomic E-state index is -0.460. The molecule has 2 heterocycles. The van der Waals surface area contributed by atoms with Gasteiger partial charge in [-0.05, 0) is 48.0 Å². The number of fused-ring (bicyclic) bond motifs is 1. The van der Waals surface area contributed by atoms with E-state index in [4.69, 9.17) is 5.26 Å². The summed E-state index contributed by atoms with van der Waals surface area (Å²) in [5.41, 5.74) is 1.87. The predicted octanol–water partition coefficient (Wildman–Crippen LogP) is 6.26. The van der Waals surface area contributed by atoms with E-state index in [-0.39, 0.29) is 11.4 Å². The maximum Gasteiger partial charge on any atom is 0.125 e. The van der Waals surface area contributed by atoms with Crippen LogP contribution < -0.4 is 0 Å². The number of pyridine rings is 1. The first-order valence-corrected chi connectivity index (χ1v) is 9.29. The SMILES string of the molecule is N#Cc1cc(F)cc(Sc2sc3ncccc3c2-c2cccc(F)c2)c1. The van der Waals surface area contributed by atoms with Crippen molar-refractivity contribution in [1.29, 1.82) is 5.26 Å². The highest BCUT2D eigenvalue weighted by atomic mass is 32.2. The number of halogens is 2. The monoisotopic (exact) mass is 380 g/mol. The molecule has 0 aliphatic carbocycles. The van der Waals surface area contributed by atoms with Crippen LogP contribution in [0.3, 0.4) is 0 Å². The molecule has 0 aliphatic rings. The van der Waals surface area contributed by atoms with E-state index < -0.39 is 5.82 Å². The fourth-order valence-corrected chi connectivity index (χ4v) is 5.19. The quantitative estimate of drug-likeness (QED) is 0.421. The molecule has 0 saturated heterocycles. The molecule has 0 N–H and O–H groups in total. The van der Waals surface area contributed by atoms with Gasteiger partial charge in [0.05, 0.1) is 15.8 Å². The average Bonchev–Trinajstić information content (AvgIpc) is 2.98. The van der Waals surface area contributed by atoms with Crippen molar-refractivity contribution in [1.82, 2.24) is 4.98 Å².